The lowest BCUT2D eigenvalue weighted by Crippen LogP contribution is -2.38. The van der Waals surface area contributed by atoms with Gasteiger partial charge in [-0.15, -0.1) is 0 Å². The molecule has 0 bridgehead atoms. The van der Waals surface area contributed by atoms with Crippen molar-refractivity contribution in [3.8, 4) is 0 Å². The SMILES string of the molecule is CCCCCCCCCCCCCCCCCC(O)(CCCC)S(=O)(=O)O. The number of unbranched alkanes of at least 4 members (excludes halogenated alkanes) is 15. The molecular formula is C22H46O4S. The van der Waals surface area contributed by atoms with Crippen molar-refractivity contribution in [1.82, 2.24) is 0 Å². The van der Waals surface area contributed by atoms with Gasteiger partial charge in [-0.2, -0.15) is 8.42 Å². The molecule has 5 heteroatoms. The van der Waals surface area contributed by atoms with Crippen molar-refractivity contribution in [3.05, 3.63) is 0 Å². The number of hydrogen-bond donors (Lipinski definition) is 2. The first kappa shape index (κ1) is 26.9. The molecule has 0 aliphatic carbocycles. The molecule has 1 unspecified atom stereocenters. The highest BCUT2D eigenvalue weighted by Crippen LogP contribution is 2.27. The first-order valence-corrected chi connectivity index (χ1v) is 13.0. The van der Waals surface area contributed by atoms with Gasteiger partial charge < -0.3 is 5.11 Å². The lowest BCUT2D eigenvalue weighted by Gasteiger charge is -2.24. The van der Waals surface area contributed by atoms with E-state index in [4.69, 9.17) is 0 Å². The maximum absolute atomic E-state index is 11.4. The van der Waals surface area contributed by atoms with E-state index in [2.05, 4.69) is 6.92 Å². The fourth-order valence-electron chi connectivity index (χ4n) is 3.61. The van der Waals surface area contributed by atoms with Crippen LogP contribution in [0.5, 0.6) is 0 Å². The van der Waals surface area contributed by atoms with Crippen molar-refractivity contribution >= 4 is 10.1 Å². The van der Waals surface area contributed by atoms with Crippen LogP contribution in [0.2, 0.25) is 0 Å². The second kappa shape index (κ2) is 16.8. The summed E-state index contributed by atoms with van der Waals surface area (Å²) in [6.45, 7) is 4.20. The van der Waals surface area contributed by atoms with Gasteiger partial charge in [0.05, 0.1) is 0 Å². The molecule has 0 aliphatic heterocycles. The zero-order chi connectivity index (χ0) is 20.4. The van der Waals surface area contributed by atoms with Gasteiger partial charge in [0, 0.05) is 0 Å². The minimum atomic E-state index is -4.40. The minimum Gasteiger partial charge on any atom is -0.372 e. The van der Waals surface area contributed by atoms with Crippen LogP contribution in [0.3, 0.4) is 0 Å². The Bertz CT molecular complexity index is 422. The first-order chi connectivity index (χ1) is 12.9. The van der Waals surface area contributed by atoms with Gasteiger partial charge in [-0.3, -0.25) is 4.55 Å². The van der Waals surface area contributed by atoms with Crippen molar-refractivity contribution in [1.29, 1.82) is 0 Å². The predicted octanol–water partition coefficient (Wildman–Crippen LogP) is 7.01. The van der Waals surface area contributed by atoms with Crippen LogP contribution in [0.4, 0.5) is 0 Å². The summed E-state index contributed by atoms with van der Waals surface area (Å²) >= 11 is 0. The van der Waals surface area contributed by atoms with Crippen LogP contribution in [0, 0.1) is 0 Å². The van der Waals surface area contributed by atoms with Gasteiger partial charge >= 0.3 is 0 Å². The summed E-state index contributed by atoms with van der Waals surface area (Å²) in [6.07, 6.45) is 20.4. The van der Waals surface area contributed by atoms with E-state index in [0.29, 0.717) is 12.8 Å². The van der Waals surface area contributed by atoms with Gasteiger partial charge in [0.1, 0.15) is 0 Å². The standard InChI is InChI=1S/C22H46O4S/c1-3-5-7-8-9-10-11-12-13-14-15-16-17-18-19-21-22(23,20-6-4-2)27(24,25)26/h23H,3-21H2,1-2H3,(H,24,25,26). The van der Waals surface area contributed by atoms with E-state index < -0.39 is 15.1 Å². The molecule has 27 heavy (non-hydrogen) atoms. The Labute approximate surface area is 169 Å². The van der Waals surface area contributed by atoms with E-state index in [1.54, 1.807) is 0 Å². The van der Waals surface area contributed by atoms with E-state index in [-0.39, 0.29) is 12.8 Å². The molecule has 0 heterocycles. The average molecular weight is 407 g/mol. The number of hydrogen-bond acceptors (Lipinski definition) is 3. The van der Waals surface area contributed by atoms with Crippen LogP contribution < -0.4 is 0 Å². The van der Waals surface area contributed by atoms with Crippen LogP contribution in [-0.2, 0) is 10.1 Å². The first-order valence-electron chi connectivity index (χ1n) is 11.6. The Balaban J connectivity index is 3.53. The van der Waals surface area contributed by atoms with E-state index in [1.807, 2.05) is 6.92 Å². The Kier molecular flexibility index (Phi) is 16.7. The summed E-state index contributed by atoms with van der Waals surface area (Å²) < 4.78 is 32.2. The number of aliphatic hydroxyl groups is 1. The molecule has 0 aromatic carbocycles. The lowest BCUT2D eigenvalue weighted by atomic mass is 10.0. The molecule has 0 spiro atoms. The zero-order valence-corrected chi connectivity index (χ0v) is 18.9. The molecule has 0 saturated carbocycles. The molecule has 0 fully saturated rings. The summed E-state index contributed by atoms with van der Waals surface area (Å²) in [5.41, 5.74) is 0. The van der Waals surface area contributed by atoms with Crippen molar-refractivity contribution in [3.63, 3.8) is 0 Å². The van der Waals surface area contributed by atoms with E-state index in [1.165, 1.54) is 77.0 Å². The normalized spacial score (nSPS) is 14.4. The van der Waals surface area contributed by atoms with Crippen LogP contribution in [0.25, 0.3) is 0 Å². The Hall–Kier alpha value is -0.130. The molecule has 2 N–H and O–H groups in total. The highest BCUT2D eigenvalue weighted by atomic mass is 32.2. The van der Waals surface area contributed by atoms with Crippen molar-refractivity contribution in [2.24, 2.45) is 0 Å². The average Bonchev–Trinajstić information content (AvgIpc) is 2.62. The Morgan fingerprint density at radius 1 is 0.556 bits per heavy atom. The Morgan fingerprint density at radius 3 is 1.19 bits per heavy atom. The molecule has 0 aromatic rings. The molecule has 0 saturated heterocycles. The van der Waals surface area contributed by atoms with Crippen LogP contribution >= 0.6 is 0 Å². The third-order valence-corrected chi connectivity index (χ3v) is 6.94. The number of rotatable bonds is 20. The van der Waals surface area contributed by atoms with E-state index in [0.717, 1.165) is 19.3 Å². The predicted molar refractivity (Wildman–Crippen MR) is 116 cm³/mol. The third-order valence-electron chi connectivity index (χ3n) is 5.57. The molecule has 0 radical (unpaired) electrons. The quantitative estimate of drug-likeness (QED) is 0.168. The minimum absolute atomic E-state index is 0.126. The smallest absolute Gasteiger partial charge is 0.294 e. The maximum atomic E-state index is 11.4. The second-order valence-corrected chi connectivity index (χ2v) is 9.93. The maximum Gasteiger partial charge on any atom is 0.294 e. The molecule has 0 aromatic heterocycles. The highest BCUT2D eigenvalue weighted by Gasteiger charge is 2.39. The lowest BCUT2D eigenvalue weighted by molar-refractivity contribution is 0.0890. The van der Waals surface area contributed by atoms with Crippen molar-refractivity contribution < 1.29 is 18.1 Å². The van der Waals surface area contributed by atoms with E-state index >= 15 is 0 Å². The fraction of sp³-hybridized carbons (Fsp3) is 1.00. The largest absolute Gasteiger partial charge is 0.372 e. The summed E-state index contributed by atoms with van der Waals surface area (Å²) in [5, 5.41) is 10.2. The molecular weight excluding hydrogens is 360 g/mol. The summed E-state index contributed by atoms with van der Waals surface area (Å²) in [4.78, 5) is -1.94. The molecule has 164 valence electrons. The van der Waals surface area contributed by atoms with Gasteiger partial charge in [-0.25, -0.2) is 0 Å². The van der Waals surface area contributed by atoms with E-state index in [9.17, 15) is 18.1 Å². The molecule has 0 rings (SSSR count). The third kappa shape index (κ3) is 14.5. The van der Waals surface area contributed by atoms with Gasteiger partial charge in [-0.1, -0.05) is 110 Å². The van der Waals surface area contributed by atoms with Gasteiger partial charge in [0.15, 0.2) is 4.93 Å². The molecule has 0 amide bonds. The molecule has 4 nitrogen and oxygen atoms in total. The zero-order valence-electron chi connectivity index (χ0n) is 18.1. The summed E-state index contributed by atoms with van der Waals surface area (Å²) in [7, 11) is -4.40. The molecule has 1 atom stereocenters. The molecule has 0 aliphatic rings. The fourth-order valence-corrected chi connectivity index (χ4v) is 4.41. The highest BCUT2D eigenvalue weighted by molar-refractivity contribution is 7.87. The summed E-state index contributed by atoms with van der Waals surface area (Å²) in [5.74, 6) is 0. The monoisotopic (exact) mass is 406 g/mol. The van der Waals surface area contributed by atoms with Gasteiger partial charge in [0.2, 0.25) is 0 Å². The topological polar surface area (TPSA) is 74.6 Å². The van der Waals surface area contributed by atoms with Gasteiger partial charge in [0.25, 0.3) is 10.1 Å². The van der Waals surface area contributed by atoms with Crippen molar-refractivity contribution in [2.75, 3.05) is 0 Å². The summed E-state index contributed by atoms with van der Waals surface area (Å²) in [6, 6.07) is 0. The van der Waals surface area contributed by atoms with Crippen LogP contribution in [-0.4, -0.2) is 23.0 Å². The van der Waals surface area contributed by atoms with Crippen molar-refractivity contribution in [2.45, 2.75) is 141 Å². The Morgan fingerprint density at radius 2 is 0.852 bits per heavy atom. The van der Waals surface area contributed by atoms with Gasteiger partial charge in [-0.05, 0) is 25.7 Å². The second-order valence-electron chi connectivity index (χ2n) is 8.22. The van der Waals surface area contributed by atoms with Crippen LogP contribution in [0.1, 0.15) is 136 Å². The van der Waals surface area contributed by atoms with Crippen LogP contribution in [0.15, 0.2) is 0 Å².